The SMILES string of the molecule is CNCCC1CCN1C(=O)c1ccc(F)cc1. The van der Waals surface area contributed by atoms with Gasteiger partial charge in [0.25, 0.3) is 5.91 Å². The molecule has 0 aliphatic carbocycles. The molecule has 1 atom stereocenters. The Morgan fingerprint density at radius 1 is 1.47 bits per heavy atom. The third kappa shape index (κ3) is 2.64. The number of carbonyl (C=O) groups excluding carboxylic acids is 1. The van der Waals surface area contributed by atoms with Gasteiger partial charge in [0.15, 0.2) is 0 Å². The summed E-state index contributed by atoms with van der Waals surface area (Å²) in [5.74, 6) is -0.297. The molecule has 1 aromatic rings. The van der Waals surface area contributed by atoms with E-state index in [2.05, 4.69) is 5.32 Å². The molecule has 0 spiro atoms. The first kappa shape index (κ1) is 12.0. The first-order valence-corrected chi connectivity index (χ1v) is 5.93. The van der Waals surface area contributed by atoms with E-state index in [9.17, 15) is 9.18 Å². The van der Waals surface area contributed by atoms with Gasteiger partial charge in [-0.05, 0) is 50.7 Å². The molecule has 1 saturated heterocycles. The van der Waals surface area contributed by atoms with Gasteiger partial charge in [-0.3, -0.25) is 4.79 Å². The van der Waals surface area contributed by atoms with Crippen LogP contribution in [0.3, 0.4) is 0 Å². The summed E-state index contributed by atoms with van der Waals surface area (Å²) in [6.07, 6.45) is 2.04. The molecule has 1 fully saturated rings. The molecule has 3 nitrogen and oxygen atoms in total. The zero-order valence-electron chi connectivity index (χ0n) is 9.95. The summed E-state index contributed by atoms with van der Waals surface area (Å²) in [5, 5.41) is 3.09. The number of likely N-dealkylation sites (tertiary alicyclic amines) is 1. The molecule has 1 aliphatic rings. The molecular weight excluding hydrogens is 219 g/mol. The van der Waals surface area contributed by atoms with Crippen LogP contribution in [0.4, 0.5) is 4.39 Å². The van der Waals surface area contributed by atoms with E-state index < -0.39 is 0 Å². The van der Waals surface area contributed by atoms with Crippen molar-refractivity contribution < 1.29 is 9.18 Å². The topological polar surface area (TPSA) is 32.3 Å². The van der Waals surface area contributed by atoms with Crippen LogP contribution in [0.5, 0.6) is 0 Å². The zero-order chi connectivity index (χ0) is 12.3. The minimum Gasteiger partial charge on any atom is -0.335 e. The van der Waals surface area contributed by atoms with Crippen LogP contribution in [-0.2, 0) is 0 Å². The van der Waals surface area contributed by atoms with Crippen LogP contribution in [0.1, 0.15) is 23.2 Å². The number of hydrogen-bond acceptors (Lipinski definition) is 2. The van der Waals surface area contributed by atoms with Crippen LogP contribution in [-0.4, -0.2) is 37.0 Å². The second-order valence-electron chi connectivity index (χ2n) is 4.34. The Labute approximate surface area is 101 Å². The fourth-order valence-electron chi connectivity index (χ4n) is 2.08. The maximum Gasteiger partial charge on any atom is 0.254 e. The number of amides is 1. The lowest BCUT2D eigenvalue weighted by atomic mass is 9.98. The van der Waals surface area contributed by atoms with Gasteiger partial charge in [0.1, 0.15) is 5.82 Å². The van der Waals surface area contributed by atoms with Crippen LogP contribution in [0.25, 0.3) is 0 Å². The first-order chi connectivity index (χ1) is 8.22. The maximum absolute atomic E-state index is 12.8. The second kappa shape index (κ2) is 5.27. The van der Waals surface area contributed by atoms with Gasteiger partial charge in [-0.2, -0.15) is 0 Å². The normalized spacial score (nSPS) is 18.9. The Hall–Kier alpha value is -1.42. The molecule has 1 aromatic carbocycles. The highest BCUT2D eigenvalue weighted by molar-refractivity contribution is 5.94. The predicted octanol–water partition coefficient (Wildman–Crippen LogP) is 1.65. The van der Waals surface area contributed by atoms with Crippen LogP contribution >= 0.6 is 0 Å². The van der Waals surface area contributed by atoms with E-state index in [1.54, 1.807) is 12.1 Å². The smallest absolute Gasteiger partial charge is 0.254 e. The fourth-order valence-corrected chi connectivity index (χ4v) is 2.08. The summed E-state index contributed by atoms with van der Waals surface area (Å²) >= 11 is 0. The lowest BCUT2D eigenvalue weighted by molar-refractivity contribution is 0.0446. The minimum atomic E-state index is -0.308. The highest BCUT2D eigenvalue weighted by Gasteiger charge is 2.31. The van der Waals surface area contributed by atoms with Crippen molar-refractivity contribution in [2.75, 3.05) is 20.1 Å². The highest BCUT2D eigenvalue weighted by atomic mass is 19.1. The quantitative estimate of drug-likeness (QED) is 0.862. The van der Waals surface area contributed by atoms with E-state index in [1.165, 1.54) is 12.1 Å². The van der Waals surface area contributed by atoms with Crippen molar-refractivity contribution >= 4 is 5.91 Å². The molecule has 0 radical (unpaired) electrons. The third-order valence-corrected chi connectivity index (χ3v) is 3.22. The van der Waals surface area contributed by atoms with Crippen molar-refractivity contribution in [3.63, 3.8) is 0 Å². The van der Waals surface area contributed by atoms with E-state index in [4.69, 9.17) is 0 Å². The van der Waals surface area contributed by atoms with Crippen molar-refractivity contribution in [2.24, 2.45) is 0 Å². The molecule has 0 aromatic heterocycles. The summed E-state index contributed by atoms with van der Waals surface area (Å²) in [4.78, 5) is 14.0. The number of benzene rings is 1. The summed E-state index contributed by atoms with van der Waals surface area (Å²) in [7, 11) is 1.91. The molecule has 1 unspecified atom stereocenters. The van der Waals surface area contributed by atoms with Gasteiger partial charge < -0.3 is 10.2 Å². The average molecular weight is 236 g/mol. The van der Waals surface area contributed by atoms with Crippen molar-refractivity contribution in [1.82, 2.24) is 10.2 Å². The van der Waals surface area contributed by atoms with Gasteiger partial charge in [-0.25, -0.2) is 4.39 Å². The van der Waals surface area contributed by atoms with Crippen molar-refractivity contribution in [3.05, 3.63) is 35.6 Å². The number of hydrogen-bond donors (Lipinski definition) is 1. The number of rotatable bonds is 4. The Kier molecular flexibility index (Phi) is 3.74. The monoisotopic (exact) mass is 236 g/mol. The van der Waals surface area contributed by atoms with Crippen LogP contribution < -0.4 is 5.32 Å². The van der Waals surface area contributed by atoms with Crippen molar-refractivity contribution in [1.29, 1.82) is 0 Å². The molecule has 1 N–H and O–H groups in total. The van der Waals surface area contributed by atoms with Gasteiger partial charge in [-0.1, -0.05) is 0 Å². The van der Waals surface area contributed by atoms with Crippen LogP contribution in [0.2, 0.25) is 0 Å². The Morgan fingerprint density at radius 2 is 2.18 bits per heavy atom. The summed E-state index contributed by atoms with van der Waals surface area (Å²) in [6, 6.07) is 6.08. The Morgan fingerprint density at radius 3 is 2.71 bits per heavy atom. The molecular formula is C13H17FN2O. The Balaban J connectivity index is 1.98. The van der Waals surface area contributed by atoms with Gasteiger partial charge in [0, 0.05) is 18.2 Å². The van der Waals surface area contributed by atoms with Gasteiger partial charge >= 0.3 is 0 Å². The van der Waals surface area contributed by atoms with Gasteiger partial charge in [-0.15, -0.1) is 0 Å². The number of nitrogens with zero attached hydrogens (tertiary/aromatic N) is 1. The molecule has 17 heavy (non-hydrogen) atoms. The largest absolute Gasteiger partial charge is 0.335 e. The molecule has 0 bridgehead atoms. The zero-order valence-corrected chi connectivity index (χ0v) is 9.95. The molecule has 1 heterocycles. The second-order valence-corrected chi connectivity index (χ2v) is 4.34. The van der Waals surface area contributed by atoms with Crippen LogP contribution in [0, 0.1) is 5.82 Å². The molecule has 2 rings (SSSR count). The van der Waals surface area contributed by atoms with Crippen LogP contribution in [0.15, 0.2) is 24.3 Å². The van der Waals surface area contributed by atoms with E-state index in [1.807, 2.05) is 11.9 Å². The minimum absolute atomic E-state index is 0.0114. The van der Waals surface area contributed by atoms with E-state index in [0.29, 0.717) is 11.6 Å². The standard InChI is InChI=1S/C13H17FN2O/c1-15-8-6-12-7-9-16(12)13(17)10-2-4-11(14)5-3-10/h2-5,12,15H,6-9H2,1H3. The number of carbonyl (C=O) groups is 1. The summed E-state index contributed by atoms with van der Waals surface area (Å²) < 4.78 is 12.8. The summed E-state index contributed by atoms with van der Waals surface area (Å²) in [5.41, 5.74) is 0.570. The van der Waals surface area contributed by atoms with Gasteiger partial charge in [0.05, 0.1) is 0 Å². The Bertz CT molecular complexity index is 391. The molecule has 92 valence electrons. The molecule has 4 heteroatoms. The lowest BCUT2D eigenvalue weighted by Gasteiger charge is -2.41. The maximum atomic E-state index is 12.8. The molecule has 1 amide bonds. The van der Waals surface area contributed by atoms with E-state index in [-0.39, 0.29) is 11.7 Å². The van der Waals surface area contributed by atoms with Crippen molar-refractivity contribution in [3.8, 4) is 0 Å². The fraction of sp³-hybridized carbons (Fsp3) is 0.462. The number of halogens is 1. The predicted molar refractivity (Wildman–Crippen MR) is 64.4 cm³/mol. The van der Waals surface area contributed by atoms with Gasteiger partial charge in [0.2, 0.25) is 0 Å². The van der Waals surface area contributed by atoms with Crippen molar-refractivity contribution in [2.45, 2.75) is 18.9 Å². The summed E-state index contributed by atoms with van der Waals surface area (Å²) in [6.45, 7) is 1.72. The van der Waals surface area contributed by atoms with E-state index in [0.717, 1.165) is 25.9 Å². The lowest BCUT2D eigenvalue weighted by Crippen LogP contribution is -2.51. The highest BCUT2D eigenvalue weighted by Crippen LogP contribution is 2.22. The first-order valence-electron chi connectivity index (χ1n) is 5.93. The molecule has 0 saturated carbocycles. The van der Waals surface area contributed by atoms with E-state index >= 15 is 0 Å². The third-order valence-electron chi connectivity index (χ3n) is 3.22. The average Bonchev–Trinajstić information content (AvgIpc) is 2.29. The number of nitrogens with one attached hydrogen (secondary N) is 1. The molecule has 1 aliphatic heterocycles.